The number of rotatable bonds is 0. The number of alkyl halides is 3. The summed E-state index contributed by atoms with van der Waals surface area (Å²) in [5.74, 6) is 0. The highest BCUT2D eigenvalue weighted by atomic mass is 80.0. The van der Waals surface area contributed by atoms with Crippen LogP contribution in [0.3, 0.4) is 0 Å². The summed E-state index contributed by atoms with van der Waals surface area (Å²) in [6.07, 6.45) is 0. The van der Waals surface area contributed by atoms with Crippen LogP contribution in [0.15, 0.2) is 22.7 Å². The van der Waals surface area contributed by atoms with Crippen molar-refractivity contribution >= 4 is 63.7 Å². The van der Waals surface area contributed by atoms with Crippen LogP contribution >= 0.6 is 63.7 Å². The van der Waals surface area contributed by atoms with Crippen LogP contribution in [0.5, 0.6) is 0 Å². The van der Waals surface area contributed by atoms with Gasteiger partial charge in [0, 0.05) is 10.0 Å². The summed E-state index contributed by atoms with van der Waals surface area (Å²) in [5, 5.41) is 0. The van der Waals surface area contributed by atoms with Crippen LogP contribution in [0.1, 0.15) is 11.1 Å². The molecule has 0 saturated heterocycles. The summed E-state index contributed by atoms with van der Waals surface area (Å²) >= 11 is 13.9. The van der Waals surface area contributed by atoms with E-state index in [1.807, 2.05) is 0 Å². The van der Waals surface area contributed by atoms with Crippen LogP contribution in [-0.2, 0) is 2.14 Å². The largest absolute Gasteiger partial charge is 0.160 e. The van der Waals surface area contributed by atoms with Crippen molar-refractivity contribution in [3.63, 3.8) is 0 Å². The molecule has 1 aromatic rings. The van der Waals surface area contributed by atoms with E-state index < -0.39 is 0 Å². The van der Waals surface area contributed by atoms with Crippen LogP contribution in [0.25, 0.3) is 0 Å². The third-order valence-electron chi connectivity index (χ3n) is 1.43. The van der Waals surface area contributed by atoms with Crippen LogP contribution in [0, 0.1) is 6.92 Å². The van der Waals surface area contributed by atoms with E-state index in [1.165, 1.54) is 5.56 Å². The van der Waals surface area contributed by atoms with Crippen molar-refractivity contribution in [1.29, 1.82) is 0 Å². The van der Waals surface area contributed by atoms with Crippen LogP contribution in [-0.4, -0.2) is 0 Å². The first-order chi connectivity index (χ1) is 5.41. The zero-order chi connectivity index (χ0) is 9.35. The summed E-state index contributed by atoms with van der Waals surface area (Å²) in [7, 11) is 0. The van der Waals surface area contributed by atoms with Gasteiger partial charge in [0.05, 0.1) is 0 Å². The van der Waals surface area contributed by atoms with E-state index in [0.717, 1.165) is 10.0 Å². The lowest BCUT2D eigenvalue weighted by atomic mass is 10.2. The van der Waals surface area contributed by atoms with Gasteiger partial charge in [-0.25, -0.2) is 0 Å². The molecule has 4 heteroatoms. The molecule has 0 aromatic heterocycles. The Labute approximate surface area is 106 Å². The molecule has 0 fully saturated rings. The molecule has 0 N–H and O–H groups in total. The Kier molecular flexibility index (Phi) is 3.84. The zero-order valence-corrected chi connectivity index (χ0v) is 12.6. The van der Waals surface area contributed by atoms with Gasteiger partial charge in [-0.05, 0) is 18.6 Å². The molecule has 0 saturated carbocycles. The maximum absolute atomic E-state index is 3.49. The Morgan fingerprint density at radius 2 is 1.75 bits per heavy atom. The molecule has 0 amide bonds. The van der Waals surface area contributed by atoms with Gasteiger partial charge >= 0.3 is 0 Å². The van der Waals surface area contributed by atoms with Gasteiger partial charge in [0.2, 0.25) is 0 Å². The third kappa shape index (κ3) is 2.82. The van der Waals surface area contributed by atoms with Crippen molar-refractivity contribution in [2.45, 2.75) is 9.07 Å². The maximum atomic E-state index is 3.49. The Morgan fingerprint density at radius 1 is 1.17 bits per heavy atom. The number of benzene rings is 1. The smallest absolute Gasteiger partial charge is 0.0589 e. The average Bonchev–Trinajstić information content (AvgIpc) is 1.83. The Bertz CT molecular complexity index is 288. The van der Waals surface area contributed by atoms with Crippen LogP contribution in [0.2, 0.25) is 0 Å². The van der Waals surface area contributed by atoms with Crippen molar-refractivity contribution in [3.05, 3.63) is 33.8 Å². The van der Waals surface area contributed by atoms with Crippen molar-refractivity contribution in [3.8, 4) is 0 Å². The van der Waals surface area contributed by atoms with Crippen molar-refractivity contribution in [2.24, 2.45) is 0 Å². The first kappa shape index (κ1) is 11.2. The van der Waals surface area contributed by atoms with E-state index in [4.69, 9.17) is 0 Å². The molecule has 0 aliphatic carbocycles. The first-order valence-corrected chi connectivity index (χ1v) is 6.42. The van der Waals surface area contributed by atoms with E-state index in [1.54, 1.807) is 0 Å². The molecule has 66 valence electrons. The Hall–Kier alpha value is 1.14. The number of aryl methyl sites for hydroxylation is 1. The molecule has 1 aromatic carbocycles. The standard InChI is InChI=1S/C8H6Br4/c1-5-2-3-6(7(9)4-5)8(10,11)12/h2-4H,1H3. The fraction of sp³-hybridized carbons (Fsp3) is 0.250. The third-order valence-corrected chi connectivity index (χ3v) is 3.37. The van der Waals surface area contributed by atoms with Gasteiger partial charge < -0.3 is 0 Å². The fourth-order valence-electron chi connectivity index (χ4n) is 0.850. The minimum Gasteiger partial charge on any atom is -0.0589 e. The van der Waals surface area contributed by atoms with E-state index >= 15 is 0 Å². The number of halogens is 4. The molecule has 0 heterocycles. The Morgan fingerprint density at radius 3 is 2.17 bits per heavy atom. The average molecular weight is 422 g/mol. The zero-order valence-electron chi connectivity index (χ0n) is 6.24. The fourth-order valence-corrected chi connectivity index (χ4v) is 3.48. The highest BCUT2D eigenvalue weighted by molar-refractivity contribution is 9.38. The Balaban J connectivity index is 3.19. The van der Waals surface area contributed by atoms with E-state index in [-0.39, 0.29) is 2.14 Å². The highest BCUT2D eigenvalue weighted by Crippen LogP contribution is 2.47. The van der Waals surface area contributed by atoms with Gasteiger partial charge in [-0.1, -0.05) is 75.9 Å². The molecule has 0 radical (unpaired) electrons. The van der Waals surface area contributed by atoms with Gasteiger partial charge in [-0.3, -0.25) is 0 Å². The van der Waals surface area contributed by atoms with Crippen molar-refractivity contribution in [1.82, 2.24) is 0 Å². The number of hydrogen-bond acceptors (Lipinski definition) is 0. The number of hydrogen-bond donors (Lipinski definition) is 0. The molecular formula is C8H6Br4. The van der Waals surface area contributed by atoms with Crippen LogP contribution < -0.4 is 0 Å². The van der Waals surface area contributed by atoms with E-state index in [0.29, 0.717) is 0 Å². The van der Waals surface area contributed by atoms with Gasteiger partial charge in [-0.15, -0.1) is 0 Å². The lowest BCUT2D eigenvalue weighted by molar-refractivity contribution is 1.30. The van der Waals surface area contributed by atoms with Gasteiger partial charge in [0.25, 0.3) is 0 Å². The lowest BCUT2D eigenvalue weighted by Crippen LogP contribution is -1.98. The predicted molar refractivity (Wildman–Crippen MR) is 67.3 cm³/mol. The molecule has 0 aliphatic rings. The van der Waals surface area contributed by atoms with Crippen LogP contribution in [0.4, 0.5) is 0 Å². The van der Waals surface area contributed by atoms with Gasteiger partial charge in [-0.2, -0.15) is 0 Å². The second-order valence-corrected chi connectivity index (χ2v) is 10.1. The summed E-state index contributed by atoms with van der Waals surface area (Å²) in [4.78, 5) is 0. The lowest BCUT2D eigenvalue weighted by Gasteiger charge is -2.14. The summed E-state index contributed by atoms with van der Waals surface area (Å²) in [6, 6.07) is 6.20. The molecule has 0 nitrogen and oxygen atoms in total. The molecule has 0 atom stereocenters. The van der Waals surface area contributed by atoms with Crippen molar-refractivity contribution < 1.29 is 0 Å². The molecular weight excluding hydrogens is 416 g/mol. The summed E-state index contributed by atoms with van der Waals surface area (Å²) in [6.45, 7) is 2.06. The van der Waals surface area contributed by atoms with E-state index in [9.17, 15) is 0 Å². The monoisotopic (exact) mass is 418 g/mol. The minimum atomic E-state index is -0.334. The van der Waals surface area contributed by atoms with Crippen molar-refractivity contribution in [2.75, 3.05) is 0 Å². The second-order valence-electron chi connectivity index (χ2n) is 2.48. The van der Waals surface area contributed by atoms with Gasteiger partial charge in [0.1, 0.15) is 0 Å². The normalized spacial score (nSPS) is 11.8. The molecule has 12 heavy (non-hydrogen) atoms. The topological polar surface area (TPSA) is 0 Å². The predicted octanol–water partition coefficient (Wildman–Crippen LogP) is 5.05. The minimum absolute atomic E-state index is 0.334. The second kappa shape index (κ2) is 4.11. The van der Waals surface area contributed by atoms with Gasteiger partial charge in [0.15, 0.2) is 2.14 Å². The SMILES string of the molecule is Cc1ccc(C(Br)(Br)Br)c(Br)c1. The molecule has 1 rings (SSSR count). The quantitative estimate of drug-likeness (QED) is 0.514. The molecule has 0 aliphatic heterocycles. The van der Waals surface area contributed by atoms with E-state index in [2.05, 4.69) is 88.8 Å². The molecule has 0 unspecified atom stereocenters. The highest BCUT2D eigenvalue weighted by Gasteiger charge is 2.22. The summed E-state index contributed by atoms with van der Waals surface area (Å²) < 4.78 is 0.743. The molecule has 0 spiro atoms. The first-order valence-electron chi connectivity index (χ1n) is 3.24. The summed E-state index contributed by atoms with van der Waals surface area (Å²) in [5.41, 5.74) is 2.36. The maximum Gasteiger partial charge on any atom is 0.160 e. The molecule has 0 bridgehead atoms.